The third-order valence-corrected chi connectivity index (χ3v) is 5.98. The largest absolute Gasteiger partial charge is 0.463 e. The van der Waals surface area contributed by atoms with E-state index in [-0.39, 0.29) is 24.4 Å². The van der Waals surface area contributed by atoms with Crippen LogP contribution < -0.4 is 16.0 Å². The first-order valence-corrected chi connectivity index (χ1v) is 11.1. The predicted molar refractivity (Wildman–Crippen MR) is 123 cm³/mol. The van der Waals surface area contributed by atoms with Crippen LogP contribution in [0.2, 0.25) is 0 Å². The number of carbonyl (C=O) groups is 4. The molecule has 176 valence electrons. The highest BCUT2D eigenvalue weighted by atomic mass is 16.5. The molecule has 1 atom stereocenters. The quantitative estimate of drug-likeness (QED) is 0.432. The third-order valence-electron chi connectivity index (χ3n) is 5.98. The smallest absolute Gasteiger partial charge is 0.337 e. The molecule has 1 saturated heterocycles. The highest BCUT2D eigenvalue weighted by Crippen LogP contribution is 2.36. The summed E-state index contributed by atoms with van der Waals surface area (Å²) in [5.41, 5.74) is 0.117. The number of nitrogens with zero attached hydrogens (tertiary/aromatic N) is 1. The molecule has 2 aliphatic heterocycles. The highest BCUT2D eigenvalue weighted by molar-refractivity contribution is 6.10. The second kappa shape index (κ2) is 9.38. The summed E-state index contributed by atoms with van der Waals surface area (Å²) in [4.78, 5) is 53.1. The van der Waals surface area contributed by atoms with Gasteiger partial charge in [0.25, 0.3) is 5.91 Å². The van der Waals surface area contributed by atoms with Gasteiger partial charge in [-0.2, -0.15) is 0 Å². The van der Waals surface area contributed by atoms with Crippen LogP contribution in [0.3, 0.4) is 0 Å². The Morgan fingerprint density at radius 2 is 1.56 bits per heavy atom. The molecule has 2 heterocycles. The zero-order valence-corrected chi connectivity index (χ0v) is 19.0. The number of carbonyl (C=O) groups excluding carboxylic acids is 4. The van der Waals surface area contributed by atoms with Crippen molar-refractivity contribution in [3.8, 4) is 0 Å². The zero-order valence-electron chi connectivity index (χ0n) is 19.0. The Bertz CT molecular complexity index is 1110. The van der Waals surface area contributed by atoms with Crippen molar-refractivity contribution in [2.24, 2.45) is 0 Å². The molecule has 34 heavy (non-hydrogen) atoms. The number of amides is 5. The van der Waals surface area contributed by atoms with Crippen molar-refractivity contribution in [1.29, 1.82) is 0 Å². The molecule has 0 unspecified atom stereocenters. The molecular weight excluding hydrogens is 436 g/mol. The number of esters is 1. The summed E-state index contributed by atoms with van der Waals surface area (Å²) >= 11 is 0. The monoisotopic (exact) mass is 462 g/mol. The van der Waals surface area contributed by atoms with Gasteiger partial charge in [-0.3, -0.25) is 9.69 Å². The highest BCUT2D eigenvalue weighted by Gasteiger charge is 2.54. The van der Waals surface area contributed by atoms with E-state index in [2.05, 4.69) is 16.0 Å². The van der Waals surface area contributed by atoms with Gasteiger partial charge in [-0.15, -0.1) is 0 Å². The zero-order chi connectivity index (χ0) is 24.3. The van der Waals surface area contributed by atoms with Gasteiger partial charge in [0.2, 0.25) is 0 Å². The summed E-state index contributed by atoms with van der Waals surface area (Å²) in [5.74, 6) is -1.12. The molecule has 0 aliphatic carbocycles. The van der Waals surface area contributed by atoms with Gasteiger partial charge in [0.15, 0.2) is 5.54 Å². The average molecular weight is 463 g/mol. The first-order chi connectivity index (χ1) is 16.4. The number of rotatable bonds is 7. The molecular formula is C25H26N4O5. The maximum Gasteiger partial charge on any atom is 0.337 e. The molecule has 0 spiro atoms. The number of hydrogen-bond acceptors (Lipinski definition) is 5. The topological polar surface area (TPSA) is 117 Å². The van der Waals surface area contributed by atoms with Crippen molar-refractivity contribution in [3.63, 3.8) is 0 Å². The Hall–Kier alpha value is -4.14. The number of ether oxygens (including phenoxy) is 1. The normalized spacial score (nSPS) is 19.4. The lowest BCUT2D eigenvalue weighted by Crippen LogP contribution is -2.52. The standard InChI is InChI=1S/C25H26N4O5/c1-3-18-20(21(30)34-4-2)19(27-23(32)26-18)15-29-22(31)25(28-24(29)33,16-11-7-5-8-12-16)17-13-9-6-10-14-17/h5-14,18H,3-4,15H2,1-2H3,(H,28,33)(H2,26,27,32)/t18-/m1/s1. The van der Waals surface area contributed by atoms with E-state index < -0.39 is 35.5 Å². The van der Waals surface area contributed by atoms with Crippen molar-refractivity contribution >= 4 is 23.9 Å². The van der Waals surface area contributed by atoms with Crippen molar-refractivity contribution in [1.82, 2.24) is 20.9 Å². The molecule has 0 saturated carbocycles. The van der Waals surface area contributed by atoms with E-state index in [1.807, 2.05) is 19.1 Å². The maximum atomic E-state index is 13.9. The number of imide groups is 1. The van der Waals surface area contributed by atoms with Crippen molar-refractivity contribution < 1.29 is 23.9 Å². The summed E-state index contributed by atoms with van der Waals surface area (Å²) in [5, 5.41) is 8.15. The van der Waals surface area contributed by atoms with Gasteiger partial charge in [0, 0.05) is 0 Å². The summed E-state index contributed by atoms with van der Waals surface area (Å²) in [6.07, 6.45) is 0.434. The first-order valence-electron chi connectivity index (χ1n) is 11.1. The fourth-order valence-electron chi connectivity index (χ4n) is 4.40. The van der Waals surface area contributed by atoms with E-state index in [0.717, 1.165) is 4.90 Å². The van der Waals surface area contributed by atoms with Gasteiger partial charge in [0.1, 0.15) is 0 Å². The molecule has 1 fully saturated rings. The Kier molecular flexibility index (Phi) is 6.36. The molecule has 2 aromatic rings. The lowest BCUT2D eigenvalue weighted by molar-refractivity contribution is -0.139. The number of nitrogens with one attached hydrogen (secondary N) is 3. The fourth-order valence-corrected chi connectivity index (χ4v) is 4.40. The maximum absolute atomic E-state index is 13.9. The number of benzene rings is 2. The lowest BCUT2D eigenvalue weighted by Gasteiger charge is -2.30. The van der Waals surface area contributed by atoms with Crippen LogP contribution in [0.25, 0.3) is 0 Å². The van der Waals surface area contributed by atoms with E-state index in [4.69, 9.17) is 4.74 Å². The third kappa shape index (κ3) is 3.89. The van der Waals surface area contributed by atoms with Crippen molar-refractivity contribution in [2.45, 2.75) is 31.8 Å². The molecule has 0 aromatic heterocycles. The van der Waals surface area contributed by atoms with Crippen LogP contribution in [-0.2, 0) is 19.9 Å². The minimum absolute atomic E-state index is 0.147. The van der Waals surface area contributed by atoms with E-state index in [1.54, 1.807) is 55.5 Å². The van der Waals surface area contributed by atoms with Crippen LogP contribution >= 0.6 is 0 Å². The fraction of sp³-hybridized carbons (Fsp3) is 0.280. The van der Waals surface area contributed by atoms with Crippen LogP contribution in [0.1, 0.15) is 31.4 Å². The van der Waals surface area contributed by atoms with Gasteiger partial charge >= 0.3 is 18.0 Å². The van der Waals surface area contributed by atoms with Crippen molar-refractivity contribution in [2.75, 3.05) is 13.2 Å². The summed E-state index contributed by atoms with van der Waals surface area (Å²) < 4.78 is 5.18. The Morgan fingerprint density at radius 1 is 0.971 bits per heavy atom. The van der Waals surface area contributed by atoms with Gasteiger partial charge in [-0.1, -0.05) is 67.6 Å². The van der Waals surface area contributed by atoms with E-state index in [1.165, 1.54) is 0 Å². The van der Waals surface area contributed by atoms with E-state index in [0.29, 0.717) is 17.5 Å². The van der Waals surface area contributed by atoms with Crippen molar-refractivity contribution in [3.05, 3.63) is 83.1 Å². The molecule has 2 aliphatic rings. The average Bonchev–Trinajstić information content (AvgIpc) is 3.10. The van der Waals surface area contributed by atoms with Gasteiger partial charge in [-0.05, 0) is 24.5 Å². The number of urea groups is 2. The first kappa shape index (κ1) is 23.0. The second-order valence-electron chi connectivity index (χ2n) is 7.98. The molecule has 0 radical (unpaired) electrons. The van der Waals surface area contributed by atoms with Crippen LogP contribution in [0, 0.1) is 0 Å². The van der Waals surface area contributed by atoms with Crippen LogP contribution in [0.4, 0.5) is 9.59 Å². The Labute approximate surface area is 197 Å². The molecule has 0 bridgehead atoms. The van der Waals surface area contributed by atoms with E-state index >= 15 is 0 Å². The van der Waals surface area contributed by atoms with Gasteiger partial charge in [0.05, 0.1) is 30.5 Å². The van der Waals surface area contributed by atoms with Crippen LogP contribution in [-0.4, -0.2) is 48.0 Å². The Balaban J connectivity index is 1.78. The van der Waals surface area contributed by atoms with Gasteiger partial charge in [-0.25, -0.2) is 14.4 Å². The minimum atomic E-state index is -1.44. The molecule has 9 heteroatoms. The summed E-state index contributed by atoms with van der Waals surface area (Å²) in [6, 6.07) is 16.2. The summed E-state index contributed by atoms with van der Waals surface area (Å²) in [6.45, 7) is 3.36. The second-order valence-corrected chi connectivity index (χ2v) is 7.98. The molecule has 2 aromatic carbocycles. The van der Waals surface area contributed by atoms with Crippen LogP contribution in [0.15, 0.2) is 71.9 Å². The Morgan fingerprint density at radius 3 is 2.09 bits per heavy atom. The molecule has 3 N–H and O–H groups in total. The number of hydrogen-bond donors (Lipinski definition) is 3. The molecule has 4 rings (SSSR count). The van der Waals surface area contributed by atoms with E-state index in [9.17, 15) is 19.2 Å². The predicted octanol–water partition coefficient (Wildman–Crippen LogP) is 2.39. The lowest BCUT2D eigenvalue weighted by atomic mass is 9.82. The molecule has 5 amide bonds. The minimum Gasteiger partial charge on any atom is -0.463 e. The van der Waals surface area contributed by atoms with Gasteiger partial charge < -0.3 is 20.7 Å². The summed E-state index contributed by atoms with van der Waals surface area (Å²) in [7, 11) is 0. The van der Waals surface area contributed by atoms with Crippen LogP contribution in [0.5, 0.6) is 0 Å². The molecule has 9 nitrogen and oxygen atoms in total. The SMILES string of the molecule is CCOC(=O)C1=C(CN2C(=O)NC(c3ccccc3)(c3ccccc3)C2=O)NC(=O)N[C@@H]1CC.